The lowest BCUT2D eigenvalue weighted by Crippen LogP contribution is -2.36. The molecule has 0 fully saturated rings. The van der Waals surface area contributed by atoms with Crippen molar-refractivity contribution in [2.24, 2.45) is 4.99 Å². The molecule has 1 heterocycles. The Bertz CT molecular complexity index is 916. The average molecular weight is 553 g/mol. The van der Waals surface area contributed by atoms with E-state index >= 15 is 0 Å². The summed E-state index contributed by atoms with van der Waals surface area (Å²) >= 11 is 1.66. The lowest BCUT2D eigenvalue weighted by molar-refractivity contribution is 0.204. The van der Waals surface area contributed by atoms with Crippen LogP contribution >= 0.6 is 35.3 Å². The van der Waals surface area contributed by atoms with Crippen LogP contribution in [0.5, 0.6) is 0 Å². The summed E-state index contributed by atoms with van der Waals surface area (Å²) in [4.78, 5) is 10.0. The van der Waals surface area contributed by atoms with Crippen LogP contribution in [0.4, 0.5) is 0 Å². The van der Waals surface area contributed by atoms with Crippen molar-refractivity contribution < 1.29 is 13.2 Å². The highest BCUT2D eigenvalue weighted by atomic mass is 127. The number of thiazole rings is 1. The quantitative estimate of drug-likeness (QED) is 0.190. The van der Waals surface area contributed by atoms with Gasteiger partial charge < -0.3 is 15.4 Å². The fourth-order valence-electron chi connectivity index (χ4n) is 2.49. The number of hydrogen-bond acceptors (Lipinski definition) is 6. The van der Waals surface area contributed by atoms with E-state index in [1.54, 1.807) is 36.6 Å². The molecule has 2 rings (SSSR count). The van der Waals surface area contributed by atoms with E-state index in [1.165, 1.54) is 7.11 Å². The SMILES string of the molecule is CN=C(NCc1cccc(S(=O)(=O)NCCOC)c1)NCc1sc(C)nc1C.I. The smallest absolute Gasteiger partial charge is 0.240 e. The highest BCUT2D eigenvalue weighted by Crippen LogP contribution is 2.16. The lowest BCUT2D eigenvalue weighted by Gasteiger charge is -2.12. The van der Waals surface area contributed by atoms with Crippen molar-refractivity contribution in [2.75, 3.05) is 27.3 Å². The third-order valence-electron chi connectivity index (χ3n) is 3.91. The number of aliphatic imine (C=N–C) groups is 1. The van der Waals surface area contributed by atoms with Crippen LogP contribution in [-0.4, -0.2) is 46.7 Å². The number of hydrogen-bond donors (Lipinski definition) is 3. The Hall–Kier alpha value is -1.28. The van der Waals surface area contributed by atoms with Gasteiger partial charge in [0.25, 0.3) is 0 Å². The molecule has 0 aliphatic rings. The van der Waals surface area contributed by atoms with Crippen molar-refractivity contribution in [1.29, 1.82) is 0 Å². The molecular formula is C18H28IN5O3S2. The van der Waals surface area contributed by atoms with E-state index in [1.807, 2.05) is 19.9 Å². The Kier molecular flexibility index (Phi) is 11.0. The molecule has 3 N–H and O–H groups in total. The molecule has 8 nitrogen and oxygen atoms in total. The van der Waals surface area contributed by atoms with Gasteiger partial charge in [0.1, 0.15) is 0 Å². The van der Waals surface area contributed by atoms with Gasteiger partial charge in [-0.3, -0.25) is 4.99 Å². The van der Waals surface area contributed by atoms with Crippen LogP contribution in [0.3, 0.4) is 0 Å². The van der Waals surface area contributed by atoms with Crippen molar-refractivity contribution in [3.05, 3.63) is 45.4 Å². The summed E-state index contributed by atoms with van der Waals surface area (Å²) in [5.41, 5.74) is 1.85. The second-order valence-corrected chi connectivity index (χ2v) is 9.11. The highest BCUT2D eigenvalue weighted by Gasteiger charge is 2.13. The molecule has 0 saturated carbocycles. The summed E-state index contributed by atoms with van der Waals surface area (Å²) in [7, 11) is -0.335. The number of sulfonamides is 1. The van der Waals surface area contributed by atoms with Crippen LogP contribution in [0.25, 0.3) is 0 Å². The summed E-state index contributed by atoms with van der Waals surface area (Å²) in [6.07, 6.45) is 0. The monoisotopic (exact) mass is 553 g/mol. The fourth-order valence-corrected chi connectivity index (χ4v) is 4.45. The van der Waals surface area contributed by atoms with Crippen molar-refractivity contribution in [1.82, 2.24) is 20.3 Å². The van der Waals surface area contributed by atoms with Crippen molar-refractivity contribution >= 4 is 51.3 Å². The zero-order chi connectivity index (χ0) is 20.6. The maximum absolute atomic E-state index is 12.3. The Morgan fingerprint density at radius 2 is 1.97 bits per heavy atom. The van der Waals surface area contributed by atoms with Gasteiger partial charge in [-0.1, -0.05) is 12.1 Å². The molecule has 162 valence electrons. The van der Waals surface area contributed by atoms with Gasteiger partial charge in [0.05, 0.1) is 28.7 Å². The number of nitrogens with zero attached hydrogens (tertiary/aromatic N) is 2. The van der Waals surface area contributed by atoms with E-state index in [2.05, 4.69) is 25.3 Å². The molecule has 1 aromatic carbocycles. The molecule has 0 aliphatic carbocycles. The zero-order valence-corrected chi connectivity index (χ0v) is 20.9. The van der Waals surface area contributed by atoms with Crippen molar-refractivity contribution in [3.8, 4) is 0 Å². The predicted octanol–water partition coefficient (Wildman–Crippen LogP) is 2.17. The van der Waals surface area contributed by atoms with Gasteiger partial charge in [0.15, 0.2) is 5.96 Å². The third-order valence-corrected chi connectivity index (χ3v) is 6.44. The number of halogens is 1. The summed E-state index contributed by atoms with van der Waals surface area (Å²) in [5, 5.41) is 7.49. The topological polar surface area (TPSA) is 105 Å². The summed E-state index contributed by atoms with van der Waals surface area (Å²) in [6.45, 7) is 5.61. The van der Waals surface area contributed by atoms with Crippen molar-refractivity contribution in [2.45, 2.75) is 31.8 Å². The van der Waals surface area contributed by atoms with Gasteiger partial charge in [-0.05, 0) is 31.5 Å². The number of benzene rings is 1. The molecule has 0 aliphatic heterocycles. The van der Waals surface area contributed by atoms with Gasteiger partial charge in [0, 0.05) is 32.1 Å². The van der Waals surface area contributed by atoms with Gasteiger partial charge in [-0.25, -0.2) is 18.1 Å². The third kappa shape index (κ3) is 8.16. The van der Waals surface area contributed by atoms with E-state index in [-0.39, 0.29) is 35.4 Å². The number of aromatic nitrogens is 1. The minimum atomic E-state index is -3.56. The van der Waals surface area contributed by atoms with Crippen LogP contribution in [0.2, 0.25) is 0 Å². The molecule has 0 amide bonds. The second kappa shape index (κ2) is 12.4. The first kappa shape index (κ1) is 25.8. The first-order chi connectivity index (χ1) is 13.4. The minimum Gasteiger partial charge on any atom is -0.383 e. The van der Waals surface area contributed by atoms with E-state index in [4.69, 9.17) is 4.74 Å². The van der Waals surface area contributed by atoms with Crippen LogP contribution in [0.1, 0.15) is 21.1 Å². The molecule has 29 heavy (non-hydrogen) atoms. The van der Waals surface area contributed by atoms with E-state index < -0.39 is 10.0 Å². The van der Waals surface area contributed by atoms with Gasteiger partial charge in [-0.2, -0.15) is 0 Å². The van der Waals surface area contributed by atoms with Crippen LogP contribution in [0, 0.1) is 13.8 Å². The number of methoxy groups -OCH3 is 1. The summed E-state index contributed by atoms with van der Waals surface area (Å²) in [5.74, 6) is 0.636. The summed E-state index contributed by atoms with van der Waals surface area (Å²) in [6, 6.07) is 6.80. The summed E-state index contributed by atoms with van der Waals surface area (Å²) < 4.78 is 32.0. The number of nitrogens with one attached hydrogen (secondary N) is 3. The Morgan fingerprint density at radius 3 is 2.59 bits per heavy atom. The van der Waals surface area contributed by atoms with Gasteiger partial charge >= 0.3 is 0 Å². The average Bonchev–Trinajstić information content (AvgIpc) is 2.99. The molecule has 0 saturated heterocycles. The molecule has 2 aromatic rings. The van der Waals surface area contributed by atoms with E-state index in [0.29, 0.717) is 25.7 Å². The first-order valence-corrected chi connectivity index (χ1v) is 11.1. The first-order valence-electron chi connectivity index (χ1n) is 8.80. The van der Waals surface area contributed by atoms with E-state index in [0.717, 1.165) is 21.1 Å². The van der Waals surface area contributed by atoms with E-state index in [9.17, 15) is 8.42 Å². The standard InChI is InChI=1S/C18H27N5O3S2.HI/c1-13-17(27-14(2)23-13)12-21-18(19-3)20-11-15-6-5-7-16(10-15)28(24,25)22-8-9-26-4;/h5-7,10,22H,8-9,11-12H2,1-4H3,(H2,19,20,21);1H. The van der Waals surface area contributed by atoms with Gasteiger partial charge in [-0.15, -0.1) is 35.3 Å². The largest absolute Gasteiger partial charge is 0.383 e. The minimum absolute atomic E-state index is 0. The molecule has 0 spiro atoms. The fraction of sp³-hybridized carbons (Fsp3) is 0.444. The van der Waals surface area contributed by atoms with Crippen LogP contribution in [-0.2, 0) is 27.8 Å². The number of aryl methyl sites for hydroxylation is 2. The molecule has 0 unspecified atom stereocenters. The van der Waals surface area contributed by atoms with Gasteiger partial charge in [0.2, 0.25) is 10.0 Å². The maximum atomic E-state index is 12.3. The number of guanidine groups is 1. The Morgan fingerprint density at radius 1 is 1.24 bits per heavy atom. The molecule has 11 heteroatoms. The second-order valence-electron chi connectivity index (χ2n) is 6.06. The predicted molar refractivity (Wildman–Crippen MR) is 128 cm³/mol. The Labute approximate surface area is 193 Å². The zero-order valence-electron chi connectivity index (χ0n) is 17.0. The normalized spacial score (nSPS) is 11.8. The van der Waals surface area contributed by atoms with Crippen molar-refractivity contribution in [3.63, 3.8) is 0 Å². The molecule has 0 bridgehead atoms. The molecule has 0 radical (unpaired) electrons. The Balaban J connectivity index is 0.00000420. The maximum Gasteiger partial charge on any atom is 0.240 e. The lowest BCUT2D eigenvalue weighted by atomic mass is 10.2. The molecule has 1 aromatic heterocycles. The highest BCUT2D eigenvalue weighted by molar-refractivity contribution is 14.0. The number of ether oxygens (including phenoxy) is 1. The van der Waals surface area contributed by atoms with Crippen LogP contribution in [0.15, 0.2) is 34.2 Å². The molecular weight excluding hydrogens is 525 g/mol. The van der Waals surface area contributed by atoms with Crippen LogP contribution < -0.4 is 15.4 Å². The molecule has 0 atom stereocenters. The number of rotatable bonds is 9.